The molecule has 1 atom stereocenters. The van der Waals surface area contributed by atoms with Crippen molar-refractivity contribution in [3.05, 3.63) is 59.2 Å². The summed E-state index contributed by atoms with van der Waals surface area (Å²) in [5, 5.41) is 21.1. The largest absolute Gasteiger partial charge is 0.388 e. The first kappa shape index (κ1) is 14.5. The number of nitrogens with zero attached hydrogens (tertiary/aromatic N) is 3. The molecule has 0 aliphatic rings. The highest BCUT2D eigenvalue weighted by atomic mass is 35.5. The molecule has 1 aromatic carbocycles. The van der Waals surface area contributed by atoms with Gasteiger partial charge in [0.05, 0.1) is 12.5 Å². The predicted molar refractivity (Wildman–Crippen MR) is 82.6 cm³/mol. The van der Waals surface area contributed by atoms with Gasteiger partial charge in [-0.25, -0.2) is 0 Å². The van der Waals surface area contributed by atoms with Crippen molar-refractivity contribution in [3.8, 4) is 0 Å². The van der Waals surface area contributed by atoms with E-state index in [0.29, 0.717) is 22.2 Å². The van der Waals surface area contributed by atoms with Crippen LogP contribution in [-0.4, -0.2) is 25.6 Å². The number of aliphatic hydroxyl groups excluding tert-OH is 1. The first-order valence-electron chi connectivity index (χ1n) is 6.66. The Kier molecular flexibility index (Phi) is 4.04. The van der Waals surface area contributed by atoms with Crippen molar-refractivity contribution in [1.82, 2.24) is 14.6 Å². The number of anilines is 1. The maximum atomic E-state index is 12.0. The van der Waals surface area contributed by atoms with Crippen LogP contribution in [0, 0.1) is 0 Å². The molecular weight excluding hydrogens is 304 g/mol. The molecule has 0 aliphatic heterocycles. The van der Waals surface area contributed by atoms with Gasteiger partial charge in [-0.15, -0.1) is 10.2 Å². The molecule has 7 heteroatoms. The lowest BCUT2D eigenvalue weighted by Crippen LogP contribution is -2.17. The number of pyridine rings is 1. The number of hydrogen-bond acceptors (Lipinski definition) is 4. The summed E-state index contributed by atoms with van der Waals surface area (Å²) in [7, 11) is 0. The van der Waals surface area contributed by atoms with Crippen molar-refractivity contribution in [2.45, 2.75) is 12.5 Å². The number of amides is 1. The molecule has 1 unspecified atom stereocenters. The van der Waals surface area contributed by atoms with Crippen molar-refractivity contribution in [2.75, 3.05) is 5.32 Å². The van der Waals surface area contributed by atoms with Crippen LogP contribution in [0.25, 0.3) is 5.65 Å². The molecule has 2 heterocycles. The normalized spacial score (nSPS) is 12.3. The van der Waals surface area contributed by atoms with Crippen molar-refractivity contribution < 1.29 is 9.90 Å². The Hall–Kier alpha value is -2.44. The minimum atomic E-state index is -0.906. The van der Waals surface area contributed by atoms with Gasteiger partial charge in [0.15, 0.2) is 5.65 Å². The third-order valence-corrected chi connectivity index (χ3v) is 3.45. The highest BCUT2D eigenvalue weighted by Crippen LogP contribution is 2.19. The molecule has 0 saturated heterocycles. The van der Waals surface area contributed by atoms with E-state index in [-0.39, 0.29) is 12.3 Å². The van der Waals surface area contributed by atoms with Crippen LogP contribution in [0.5, 0.6) is 0 Å². The monoisotopic (exact) mass is 316 g/mol. The van der Waals surface area contributed by atoms with Crippen LogP contribution in [0.2, 0.25) is 5.02 Å². The van der Waals surface area contributed by atoms with E-state index in [4.69, 9.17) is 11.6 Å². The van der Waals surface area contributed by atoms with Gasteiger partial charge in [0, 0.05) is 11.2 Å². The molecule has 0 bridgehead atoms. The smallest absolute Gasteiger partial charge is 0.235 e. The van der Waals surface area contributed by atoms with Crippen LogP contribution in [0.3, 0.4) is 0 Å². The van der Waals surface area contributed by atoms with E-state index in [1.54, 1.807) is 40.9 Å². The zero-order valence-electron chi connectivity index (χ0n) is 11.5. The number of aromatic nitrogens is 3. The molecule has 2 N–H and O–H groups in total. The van der Waals surface area contributed by atoms with Crippen LogP contribution in [0.4, 0.5) is 5.95 Å². The molecular formula is C15H13ClN4O2. The maximum Gasteiger partial charge on any atom is 0.235 e. The summed E-state index contributed by atoms with van der Waals surface area (Å²) in [6.07, 6.45) is 0.765. The molecule has 3 aromatic rings. The van der Waals surface area contributed by atoms with Crippen LogP contribution in [-0.2, 0) is 4.79 Å². The summed E-state index contributed by atoms with van der Waals surface area (Å²) in [5.74, 6) is -0.0236. The third kappa shape index (κ3) is 3.08. The third-order valence-electron chi connectivity index (χ3n) is 3.20. The standard InChI is InChI=1S/C15H13ClN4O2/c16-11-6-4-10(5-7-11)12(21)9-14(22)17-15-19-18-13-3-1-2-8-20(13)15/h1-8,12,21H,9H2,(H,17,19,22). The predicted octanol–water partition coefficient (Wildman–Crippen LogP) is 2.44. The van der Waals surface area contributed by atoms with Gasteiger partial charge >= 0.3 is 0 Å². The van der Waals surface area contributed by atoms with Crippen molar-refractivity contribution in [2.24, 2.45) is 0 Å². The molecule has 22 heavy (non-hydrogen) atoms. The molecule has 0 spiro atoms. The lowest BCUT2D eigenvalue weighted by molar-refractivity contribution is -0.118. The second kappa shape index (κ2) is 6.13. The Morgan fingerprint density at radius 2 is 2.00 bits per heavy atom. The second-order valence-electron chi connectivity index (χ2n) is 4.77. The number of nitrogens with one attached hydrogen (secondary N) is 1. The fourth-order valence-electron chi connectivity index (χ4n) is 2.08. The summed E-state index contributed by atoms with van der Waals surface area (Å²) >= 11 is 5.79. The summed E-state index contributed by atoms with van der Waals surface area (Å²) in [6, 6.07) is 12.1. The molecule has 0 radical (unpaired) electrons. The first-order valence-corrected chi connectivity index (χ1v) is 7.04. The van der Waals surface area contributed by atoms with Crippen LogP contribution >= 0.6 is 11.6 Å². The molecule has 0 fully saturated rings. The summed E-state index contributed by atoms with van der Waals surface area (Å²) in [4.78, 5) is 12.0. The minimum Gasteiger partial charge on any atom is -0.388 e. The fourth-order valence-corrected chi connectivity index (χ4v) is 2.21. The van der Waals surface area contributed by atoms with E-state index >= 15 is 0 Å². The number of rotatable bonds is 4. The molecule has 0 saturated carbocycles. The highest BCUT2D eigenvalue weighted by molar-refractivity contribution is 6.30. The summed E-state index contributed by atoms with van der Waals surface area (Å²) < 4.78 is 1.66. The van der Waals surface area contributed by atoms with Gasteiger partial charge in [0.25, 0.3) is 0 Å². The lowest BCUT2D eigenvalue weighted by atomic mass is 10.1. The molecule has 3 rings (SSSR count). The number of fused-ring (bicyclic) bond motifs is 1. The van der Waals surface area contributed by atoms with E-state index in [9.17, 15) is 9.90 Å². The van der Waals surface area contributed by atoms with Gasteiger partial charge in [0.1, 0.15) is 0 Å². The lowest BCUT2D eigenvalue weighted by Gasteiger charge is -2.10. The average Bonchev–Trinajstić information content (AvgIpc) is 2.91. The molecule has 2 aromatic heterocycles. The molecule has 1 amide bonds. The van der Waals surface area contributed by atoms with Gasteiger partial charge in [-0.2, -0.15) is 0 Å². The van der Waals surface area contributed by atoms with Crippen LogP contribution in [0.15, 0.2) is 48.7 Å². The minimum absolute atomic E-state index is 0.0800. The average molecular weight is 317 g/mol. The van der Waals surface area contributed by atoms with Gasteiger partial charge < -0.3 is 5.11 Å². The number of carbonyl (C=O) groups is 1. The molecule has 6 nitrogen and oxygen atoms in total. The number of aliphatic hydroxyl groups is 1. The van der Waals surface area contributed by atoms with Crippen LogP contribution in [0.1, 0.15) is 18.1 Å². The number of hydrogen-bond donors (Lipinski definition) is 2. The van der Waals surface area contributed by atoms with E-state index < -0.39 is 6.10 Å². The number of carbonyl (C=O) groups excluding carboxylic acids is 1. The zero-order chi connectivity index (χ0) is 15.5. The Labute approximate surface area is 131 Å². The van der Waals surface area contributed by atoms with Crippen molar-refractivity contribution in [3.63, 3.8) is 0 Å². The van der Waals surface area contributed by atoms with E-state index in [1.165, 1.54) is 0 Å². The Bertz CT molecular complexity index is 801. The topological polar surface area (TPSA) is 79.5 Å². The highest BCUT2D eigenvalue weighted by Gasteiger charge is 2.15. The van der Waals surface area contributed by atoms with Gasteiger partial charge in [-0.05, 0) is 29.8 Å². The molecule has 112 valence electrons. The maximum absolute atomic E-state index is 12.0. The zero-order valence-corrected chi connectivity index (χ0v) is 12.2. The van der Waals surface area contributed by atoms with Gasteiger partial charge in [0.2, 0.25) is 11.9 Å². The van der Waals surface area contributed by atoms with Crippen LogP contribution < -0.4 is 5.32 Å². The second-order valence-corrected chi connectivity index (χ2v) is 5.21. The van der Waals surface area contributed by atoms with Crippen molar-refractivity contribution >= 4 is 29.1 Å². The molecule has 0 aliphatic carbocycles. The van der Waals surface area contributed by atoms with Gasteiger partial charge in [-0.3, -0.25) is 14.5 Å². The van der Waals surface area contributed by atoms with E-state index in [0.717, 1.165) is 0 Å². The van der Waals surface area contributed by atoms with E-state index in [1.807, 2.05) is 12.1 Å². The Morgan fingerprint density at radius 3 is 2.77 bits per heavy atom. The number of benzene rings is 1. The van der Waals surface area contributed by atoms with Gasteiger partial charge in [-0.1, -0.05) is 29.8 Å². The SMILES string of the molecule is O=C(CC(O)c1ccc(Cl)cc1)Nc1nnc2ccccn12. The summed E-state index contributed by atoms with van der Waals surface area (Å²) in [6.45, 7) is 0. The fraction of sp³-hybridized carbons (Fsp3) is 0.133. The Morgan fingerprint density at radius 1 is 1.23 bits per heavy atom. The van der Waals surface area contributed by atoms with E-state index in [2.05, 4.69) is 15.5 Å². The quantitative estimate of drug-likeness (QED) is 0.775. The van der Waals surface area contributed by atoms with Crippen molar-refractivity contribution in [1.29, 1.82) is 0 Å². The Balaban J connectivity index is 1.68. The summed E-state index contributed by atoms with van der Waals surface area (Å²) in [5.41, 5.74) is 1.27. The number of halogens is 1. The first-order chi connectivity index (χ1) is 10.6.